The molecule has 0 aliphatic carbocycles. The van der Waals surface area contributed by atoms with Gasteiger partial charge in [-0.1, -0.05) is 27.3 Å². The molecule has 2 aromatic carbocycles. The highest BCUT2D eigenvalue weighted by molar-refractivity contribution is 9.10. The second kappa shape index (κ2) is 9.78. The smallest absolute Gasteiger partial charge is 0.253 e. The zero-order chi connectivity index (χ0) is 24.7. The van der Waals surface area contributed by atoms with Crippen LogP contribution in [-0.4, -0.2) is 80.0 Å². The maximum absolute atomic E-state index is 13.1. The lowest BCUT2D eigenvalue weighted by molar-refractivity contribution is -0.0440. The predicted octanol–water partition coefficient (Wildman–Crippen LogP) is 3.82. The molecule has 11 heteroatoms. The Kier molecular flexibility index (Phi) is 6.88. The Bertz CT molecular complexity index is 1330. The number of hydrogen-bond acceptors (Lipinski definition) is 7. The maximum Gasteiger partial charge on any atom is 0.253 e. The summed E-state index contributed by atoms with van der Waals surface area (Å²) >= 11 is 5.16. The molecule has 3 aromatic rings. The van der Waals surface area contributed by atoms with E-state index in [1.807, 2.05) is 30.9 Å². The topological polar surface area (TPSA) is 83.1 Å². The first-order chi connectivity index (χ1) is 16.7. The summed E-state index contributed by atoms with van der Waals surface area (Å²) in [4.78, 5) is 22.0. The minimum Gasteiger partial charge on any atom is -0.373 e. The van der Waals surface area contributed by atoms with Crippen molar-refractivity contribution >= 4 is 58.5 Å². The number of sulfonamides is 1. The molecule has 1 aromatic heterocycles. The lowest BCUT2D eigenvalue weighted by atomic mass is 10.2. The van der Waals surface area contributed by atoms with E-state index in [4.69, 9.17) is 9.72 Å². The van der Waals surface area contributed by atoms with E-state index in [2.05, 4.69) is 26.9 Å². The minimum absolute atomic E-state index is 0.0876. The van der Waals surface area contributed by atoms with Crippen LogP contribution < -0.4 is 4.90 Å². The second-order valence-electron chi connectivity index (χ2n) is 8.99. The molecule has 0 bridgehead atoms. The van der Waals surface area contributed by atoms with E-state index in [9.17, 15) is 13.2 Å². The second-order valence-corrected chi connectivity index (χ2v) is 12.9. The highest BCUT2D eigenvalue weighted by atomic mass is 79.9. The van der Waals surface area contributed by atoms with Gasteiger partial charge in [-0.25, -0.2) is 13.4 Å². The van der Waals surface area contributed by atoms with Crippen LogP contribution in [0.1, 0.15) is 24.2 Å². The van der Waals surface area contributed by atoms with Gasteiger partial charge in [-0.15, -0.1) is 0 Å². The number of benzene rings is 2. The number of carbonyl (C=O) groups excluding carboxylic acids is 1. The lowest BCUT2D eigenvalue weighted by Gasteiger charge is -2.35. The molecular formula is C24H27BrN4O4S2. The van der Waals surface area contributed by atoms with Gasteiger partial charge in [0, 0.05) is 49.3 Å². The van der Waals surface area contributed by atoms with Gasteiger partial charge in [0.15, 0.2) is 5.13 Å². The molecular weight excluding hydrogens is 552 g/mol. The van der Waals surface area contributed by atoms with E-state index < -0.39 is 10.0 Å². The number of morpholine rings is 1. The molecule has 0 spiro atoms. The van der Waals surface area contributed by atoms with E-state index in [0.29, 0.717) is 44.8 Å². The van der Waals surface area contributed by atoms with Crippen molar-refractivity contribution in [3.63, 3.8) is 0 Å². The Morgan fingerprint density at radius 2 is 1.69 bits per heavy atom. The third-order valence-electron chi connectivity index (χ3n) is 6.30. The molecule has 0 N–H and O–H groups in total. The van der Waals surface area contributed by atoms with Gasteiger partial charge < -0.3 is 14.5 Å². The monoisotopic (exact) mass is 578 g/mol. The van der Waals surface area contributed by atoms with Crippen LogP contribution in [0.2, 0.25) is 0 Å². The molecule has 2 aliphatic rings. The number of ether oxygens (including phenoxy) is 1. The third kappa shape index (κ3) is 5.10. The zero-order valence-corrected chi connectivity index (χ0v) is 22.8. The third-order valence-corrected chi connectivity index (χ3v) is 9.72. The van der Waals surface area contributed by atoms with Crippen molar-refractivity contribution in [2.75, 3.05) is 44.2 Å². The first kappa shape index (κ1) is 24.6. The summed E-state index contributed by atoms with van der Waals surface area (Å²) in [5.74, 6) is -0.0876. The number of amides is 1. The lowest BCUT2D eigenvalue weighted by Crippen LogP contribution is -2.48. The molecule has 8 nitrogen and oxygen atoms in total. The molecule has 2 saturated heterocycles. The average Bonchev–Trinajstić information content (AvgIpc) is 3.26. The van der Waals surface area contributed by atoms with Crippen molar-refractivity contribution in [3.05, 3.63) is 52.5 Å². The van der Waals surface area contributed by atoms with Crippen LogP contribution in [0.4, 0.5) is 5.13 Å². The van der Waals surface area contributed by atoms with Crippen LogP contribution in [0.25, 0.3) is 10.2 Å². The first-order valence-corrected chi connectivity index (χ1v) is 14.6. The number of piperazine rings is 1. The number of aromatic nitrogens is 1. The van der Waals surface area contributed by atoms with Crippen molar-refractivity contribution in [2.24, 2.45) is 0 Å². The van der Waals surface area contributed by atoms with Crippen molar-refractivity contribution in [1.29, 1.82) is 0 Å². The first-order valence-electron chi connectivity index (χ1n) is 11.6. The predicted molar refractivity (Wildman–Crippen MR) is 141 cm³/mol. The van der Waals surface area contributed by atoms with E-state index in [1.165, 1.54) is 16.4 Å². The molecule has 35 heavy (non-hydrogen) atoms. The molecule has 186 valence electrons. The summed E-state index contributed by atoms with van der Waals surface area (Å²) in [6.45, 7) is 6.96. The molecule has 2 aliphatic heterocycles. The summed E-state index contributed by atoms with van der Waals surface area (Å²) in [7, 11) is -3.63. The molecule has 0 radical (unpaired) electrons. The van der Waals surface area contributed by atoms with Gasteiger partial charge in [0.2, 0.25) is 10.0 Å². The van der Waals surface area contributed by atoms with Crippen molar-refractivity contribution in [1.82, 2.24) is 14.2 Å². The molecule has 1 amide bonds. The fraction of sp³-hybridized carbons (Fsp3) is 0.417. The van der Waals surface area contributed by atoms with E-state index in [0.717, 1.165) is 19.8 Å². The van der Waals surface area contributed by atoms with E-state index in [1.54, 1.807) is 23.5 Å². The number of anilines is 1. The Labute approximate surface area is 217 Å². The van der Waals surface area contributed by atoms with Gasteiger partial charge in [0.25, 0.3) is 5.91 Å². The van der Waals surface area contributed by atoms with Crippen molar-refractivity contribution < 1.29 is 17.9 Å². The van der Waals surface area contributed by atoms with Gasteiger partial charge in [-0.05, 0) is 56.3 Å². The van der Waals surface area contributed by atoms with Crippen LogP contribution >= 0.6 is 27.3 Å². The highest BCUT2D eigenvalue weighted by Gasteiger charge is 2.32. The van der Waals surface area contributed by atoms with Gasteiger partial charge in [0.05, 0.1) is 27.3 Å². The Balaban J connectivity index is 1.23. The quantitative estimate of drug-likeness (QED) is 0.468. The van der Waals surface area contributed by atoms with E-state index in [-0.39, 0.29) is 23.0 Å². The maximum atomic E-state index is 13.1. The summed E-state index contributed by atoms with van der Waals surface area (Å²) < 4.78 is 35.4. The minimum atomic E-state index is -3.63. The molecule has 3 heterocycles. The van der Waals surface area contributed by atoms with Gasteiger partial charge in [-0.2, -0.15) is 4.31 Å². The Morgan fingerprint density at radius 3 is 2.34 bits per heavy atom. The van der Waals surface area contributed by atoms with Gasteiger partial charge in [0.1, 0.15) is 0 Å². The van der Waals surface area contributed by atoms with Crippen LogP contribution in [0.15, 0.2) is 51.8 Å². The van der Waals surface area contributed by atoms with Crippen molar-refractivity contribution in [2.45, 2.75) is 31.0 Å². The highest BCUT2D eigenvalue weighted by Crippen LogP contribution is 2.31. The average molecular weight is 580 g/mol. The van der Waals surface area contributed by atoms with E-state index >= 15 is 0 Å². The molecule has 2 fully saturated rings. The fourth-order valence-corrected chi connectivity index (χ4v) is 7.71. The molecule has 2 atom stereocenters. The van der Waals surface area contributed by atoms with Crippen LogP contribution in [0.3, 0.4) is 0 Å². The SMILES string of the molecule is CC1CN(S(=O)(=O)c2ccc(C(=O)N3CCN(c4nc5ccc(Br)cc5s4)CC3)cc2)CC(C)O1. The van der Waals surface area contributed by atoms with Crippen molar-refractivity contribution in [3.8, 4) is 0 Å². The van der Waals surface area contributed by atoms with Crippen LogP contribution in [-0.2, 0) is 14.8 Å². The fourth-order valence-electron chi connectivity index (χ4n) is 4.55. The van der Waals surface area contributed by atoms with Gasteiger partial charge >= 0.3 is 0 Å². The summed E-state index contributed by atoms with van der Waals surface area (Å²) in [5, 5.41) is 0.964. The van der Waals surface area contributed by atoms with Crippen LogP contribution in [0, 0.1) is 0 Å². The summed E-state index contributed by atoms with van der Waals surface area (Å²) in [6, 6.07) is 12.3. The number of thiazole rings is 1. The number of nitrogens with zero attached hydrogens (tertiary/aromatic N) is 4. The normalized spacial score (nSPS) is 22.0. The number of halogens is 1. The number of carbonyl (C=O) groups is 1. The molecule has 5 rings (SSSR count). The number of fused-ring (bicyclic) bond motifs is 1. The van der Waals surface area contributed by atoms with Gasteiger partial charge in [-0.3, -0.25) is 4.79 Å². The molecule has 2 unspecified atom stereocenters. The summed E-state index contributed by atoms with van der Waals surface area (Å²) in [5.41, 5.74) is 1.47. The Morgan fingerprint density at radius 1 is 1.03 bits per heavy atom. The molecule has 0 saturated carbocycles. The summed E-state index contributed by atoms with van der Waals surface area (Å²) in [6.07, 6.45) is -0.310. The number of rotatable bonds is 4. The standard InChI is InChI=1S/C24H27BrN4O4S2/c1-16-14-29(15-17(2)33-16)35(31,32)20-6-3-18(4-7-20)23(30)27-9-11-28(12-10-27)24-26-21-8-5-19(25)13-22(21)34-24/h3-8,13,16-17H,9-12,14-15H2,1-2H3. The zero-order valence-electron chi connectivity index (χ0n) is 19.6. The van der Waals surface area contributed by atoms with Crippen LogP contribution in [0.5, 0.6) is 0 Å². The largest absolute Gasteiger partial charge is 0.373 e. The number of hydrogen-bond donors (Lipinski definition) is 0. The Hall–Kier alpha value is -2.05.